The van der Waals surface area contributed by atoms with Crippen molar-refractivity contribution in [3.8, 4) is 0 Å². The second-order valence-corrected chi connectivity index (χ2v) is 5.58. The average molecular weight is 239 g/mol. The number of aryl methyl sites for hydroxylation is 1. The van der Waals surface area contributed by atoms with Gasteiger partial charge in [0, 0.05) is 24.0 Å². The van der Waals surface area contributed by atoms with E-state index in [1.54, 1.807) is 0 Å². The van der Waals surface area contributed by atoms with Gasteiger partial charge in [0.15, 0.2) is 0 Å². The van der Waals surface area contributed by atoms with Crippen molar-refractivity contribution < 1.29 is 0 Å². The van der Waals surface area contributed by atoms with Gasteiger partial charge in [-0.25, -0.2) is 4.98 Å². The van der Waals surface area contributed by atoms with Gasteiger partial charge in [0.2, 0.25) is 5.13 Å². The van der Waals surface area contributed by atoms with Crippen LogP contribution in [0.4, 0.5) is 5.13 Å². The summed E-state index contributed by atoms with van der Waals surface area (Å²) < 4.78 is 4.31. The van der Waals surface area contributed by atoms with Crippen LogP contribution in [0.5, 0.6) is 0 Å². The summed E-state index contributed by atoms with van der Waals surface area (Å²) in [5.74, 6) is 1.86. The molecule has 4 heteroatoms. The van der Waals surface area contributed by atoms with Crippen LogP contribution in [0, 0.1) is 5.92 Å². The molecule has 1 heterocycles. The summed E-state index contributed by atoms with van der Waals surface area (Å²) in [7, 11) is 0. The molecule has 1 aromatic heterocycles. The van der Waals surface area contributed by atoms with Gasteiger partial charge in [-0.2, -0.15) is 4.37 Å². The Labute approximate surface area is 102 Å². The van der Waals surface area contributed by atoms with E-state index >= 15 is 0 Å². The van der Waals surface area contributed by atoms with Crippen molar-refractivity contribution in [1.82, 2.24) is 9.36 Å². The van der Waals surface area contributed by atoms with Crippen molar-refractivity contribution in [1.29, 1.82) is 0 Å². The summed E-state index contributed by atoms with van der Waals surface area (Å²) in [6, 6.07) is 0.614. The number of hydrogen-bond donors (Lipinski definition) is 1. The molecule has 0 amide bonds. The van der Waals surface area contributed by atoms with Crippen LogP contribution in [0.3, 0.4) is 0 Å². The van der Waals surface area contributed by atoms with E-state index in [-0.39, 0.29) is 0 Å². The first-order valence-electron chi connectivity index (χ1n) is 6.37. The number of nitrogens with one attached hydrogen (secondary N) is 1. The molecule has 0 saturated heterocycles. The van der Waals surface area contributed by atoms with Crippen molar-refractivity contribution in [2.75, 3.05) is 5.32 Å². The lowest BCUT2D eigenvalue weighted by atomic mass is 10.0. The smallest absolute Gasteiger partial charge is 0.202 e. The molecule has 1 fully saturated rings. The van der Waals surface area contributed by atoms with Crippen LogP contribution in [0.2, 0.25) is 0 Å². The number of nitrogens with zero attached hydrogens (tertiary/aromatic N) is 2. The van der Waals surface area contributed by atoms with E-state index in [2.05, 4.69) is 28.5 Å². The lowest BCUT2D eigenvalue weighted by Crippen LogP contribution is -2.18. The SMILES string of the molecule is CCc1nsc(NC2CCCC(C)CC2)n1. The molecule has 90 valence electrons. The van der Waals surface area contributed by atoms with Crippen LogP contribution in [0.25, 0.3) is 0 Å². The number of anilines is 1. The highest BCUT2D eigenvalue weighted by molar-refractivity contribution is 7.09. The van der Waals surface area contributed by atoms with Crippen LogP contribution in [0.15, 0.2) is 0 Å². The zero-order chi connectivity index (χ0) is 11.4. The van der Waals surface area contributed by atoms with E-state index in [0.717, 1.165) is 23.3 Å². The summed E-state index contributed by atoms with van der Waals surface area (Å²) in [6.45, 7) is 4.46. The maximum absolute atomic E-state index is 4.47. The summed E-state index contributed by atoms with van der Waals surface area (Å²) in [5.41, 5.74) is 0. The predicted molar refractivity (Wildman–Crippen MR) is 68.9 cm³/mol. The van der Waals surface area contributed by atoms with Crippen molar-refractivity contribution in [2.24, 2.45) is 5.92 Å². The quantitative estimate of drug-likeness (QED) is 0.821. The van der Waals surface area contributed by atoms with E-state index in [0.29, 0.717) is 6.04 Å². The maximum Gasteiger partial charge on any atom is 0.202 e. The summed E-state index contributed by atoms with van der Waals surface area (Å²) in [5, 5.41) is 4.55. The lowest BCUT2D eigenvalue weighted by molar-refractivity contribution is 0.502. The highest BCUT2D eigenvalue weighted by atomic mass is 32.1. The summed E-state index contributed by atoms with van der Waals surface area (Å²) in [4.78, 5) is 4.47. The van der Waals surface area contributed by atoms with Crippen LogP contribution >= 0.6 is 11.5 Å². The van der Waals surface area contributed by atoms with Crippen LogP contribution < -0.4 is 5.32 Å². The third kappa shape index (κ3) is 3.17. The minimum absolute atomic E-state index is 0.614. The van der Waals surface area contributed by atoms with Gasteiger partial charge in [0.05, 0.1) is 0 Å². The number of aromatic nitrogens is 2. The molecule has 2 unspecified atom stereocenters. The third-order valence-electron chi connectivity index (χ3n) is 3.37. The first-order chi connectivity index (χ1) is 7.78. The Hall–Kier alpha value is -0.640. The highest BCUT2D eigenvalue weighted by Gasteiger charge is 2.17. The van der Waals surface area contributed by atoms with Gasteiger partial charge >= 0.3 is 0 Å². The Balaban J connectivity index is 1.88. The number of rotatable bonds is 3. The van der Waals surface area contributed by atoms with Crippen LogP contribution in [-0.2, 0) is 6.42 Å². The highest BCUT2D eigenvalue weighted by Crippen LogP contribution is 2.25. The third-order valence-corrected chi connectivity index (χ3v) is 4.05. The van der Waals surface area contributed by atoms with Gasteiger partial charge in [-0.15, -0.1) is 0 Å². The van der Waals surface area contributed by atoms with Crippen molar-refractivity contribution in [3.05, 3.63) is 5.82 Å². The van der Waals surface area contributed by atoms with E-state index in [4.69, 9.17) is 0 Å². The molecule has 1 aromatic rings. The van der Waals surface area contributed by atoms with Gasteiger partial charge in [-0.05, 0) is 25.2 Å². The fourth-order valence-electron chi connectivity index (χ4n) is 2.26. The molecule has 2 atom stereocenters. The fourth-order valence-corrected chi connectivity index (χ4v) is 2.99. The zero-order valence-electron chi connectivity index (χ0n) is 10.2. The molecule has 3 nitrogen and oxygen atoms in total. The van der Waals surface area contributed by atoms with Gasteiger partial charge < -0.3 is 5.32 Å². The van der Waals surface area contributed by atoms with E-state index < -0.39 is 0 Å². The molecule has 1 aliphatic carbocycles. The Morgan fingerprint density at radius 2 is 2.19 bits per heavy atom. The first-order valence-corrected chi connectivity index (χ1v) is 7.14. The maximum atomic E-state index is 4.47. The molecule has 1 saturated carbocycles. The monoisotopic (exact) mass is 239 g/mol. The predicted octanol–water partition coefficient (Wildman–Crippen LogP) is 3.48. The molecular weight excluding hydrogens is 218 g/mol. The van der Waals surface area contributed by atoms with Crippen molar-refractivity contribution in [2.45, 2.75) is 58.4 Å². The number of hydrogen-bond acceptors (Lipinski definition) is 4. The Morgan fingerprint density at radius 1 is 1.31 bits per heavy atom. The standard InChI is InChI=1S/C12H21N3S/c1-3-11-14-12(16-15-11)13-10-6-4-5-9(2)7-8-10/h9-10H,3-8H2,1-2H3,(H,13,14,15). The second kappa shape index (κ2) is 5.62. The molecule has 0 spiro atoms. The van der Waals surface area contributed by atoms with E-state index in [1.165, 1.54) is 43.6 Å². The topological polar surface area (TPSA) is 37.8 Å². The zero-order valence-corrected chi connectivity index (χ0v) is 11.0. The molecule has 0 aromatic carbocycles. The Bertz CT molecular complexity index is 324. The van der Waals surface area contributed by atoms with E-state index in [9.17, 15) is 0 Å². The summed E-state index contributed by atoms with van der Waals surface area (Å²) >= 11 is 1.50. The minimum atomic E-state index is 0.614. The van der Waals surface area contributed by atoms with Gasteiger partial charge in [-0.3, -0.25) is 0 Å². The van der Waals surface area contributed by atoms with Gasteiger partial charge in [0.1, 0.15) is 5.82 Å². The van der Waals surface area contributed by atoms with Crippen molar-refractivity contribution >= 4 is 16.7 Å². The van der Waals surface area contributed by atoms with Gasteiger partial charge in [0.25, 0.3) is 0 Å². The van der Waals surface area contributed by atoms with E-state index in [1.807, 2.05) is 0 Å². The second-order valence-electron chi connectivity index (χ2n) is 4.82. The molecule has 0 aliphatic heterocycles. The molecule has 1 aliphatic rings. The largest absolute Gasteiger partial charge is 0.358 e. The van der Waals surface area contributed by atoms with Crippen LogP contribution in [-0.4, -0.2) is 15.4 Å². The summed E-state index contributed by atoms with van der Waals surface area (Å²) in [6.07, 6.45) is 7.57. The molecular formula is C12H21N3S. The minimum Gasteiger partial charge on any atom is -0.358 e. The Kier molecular flexibility index (Phi) is 4.16. The van der Waals surface area contributed by atoms with Crippen molar-refractivity contribution in [3.63, 3.8) is 0 Å². The molecule has 0 bridgehead atoms. The molecule has 2 rings (SSSR count). The Morgan fingerprint density at radius 3 is 2.94 bits per heavy atom. The molecule has 0 radical (unpaired) electrons. The first kappa shape index (κ1) is 11.8. The lowest BCUT2D eigenvalue weighted by Gasteiger charge is -2.14. The molecule has 1 N–H and O–H groups in total. The van der Waals surface area contributed by atoms with Crippen LogP contribution in [0.1, 0.15) is 51.8 Å². The normalized spacial score (nSPS) is 26.4. The molecule has 16 heavy (non-hydrogen) atoms. The average Bonchev–Trinajstić information content (AvgIpc) is 2.63. The fraction of sp³-hybridized carbons (Fsp3) is 0.833. The van der Waals surface area contributed by atoms with Gasteiger partial charge in [-0.1, -0.05) is 26.7 Å².